The van der Waals surface area contributed by atoms with Crippen LogP contribution in [0.25, 0.3) is 0 Å². The third kappa shape index (κ3) is 2.68. The lowest BCUT2D eigenvalue weighted by Gasteiger charge is -2.15. The first kappa shape index (κ1) is 10.4. The van der Waals surface area contributed by atoms with Gasteiger partial charge in [0.05, 0.1) is 5.66 Å². The Morgan fingerprint density at radius 3 is 2.33 bits per heavy atom. The van der Waals surface area contributed by atoms with Crippen LogP contribution in [0.3, 0.4) is 0 Å². The molecule has 1 aliphatic rings. The van der Waals surface area contributed by atoms with Gasteiger partial charge in [-0.2, -0.15) is 0 Å². The van der Waals surface area contributed by atoms with Gasteiger partial charge in [-0.05, 0) is 12.8 Å². The van der Waals surface area contributed by atoms with Crippen molar-refractivity contribution in [3.63, 3.8) is 0 Å². The molecule has 1 fully saturated rings. The SMILES string of the molecule is O=[PH](O)OP(=O)(O)C1CCCC1. The highest BCUT2D eigenvalue weighted by atomic mass is 31.2. The van der Waals surface area contributed by atoms with Gasteiger partial charge in [0.2, 0.25) is 0 Å². The summed E-state index contributed by atoms with van der Waals surface area (Å²) in [5.74, 6) is 0. The summed E-state index contributed by atoms with van der Waals surface area (Å²) < 4.78 is 25.6. The van der Waals surface area contributed by atoms with Crippen LogP contribution in [0.2, 0.25) is 0 Å². The minimum atomic E-state index is -3.81. The predicted molar refractivity (Wildman–Crippen MR) is 44.4 cm³/mol. The summed E-state index contributed by atoms with van der Waals surface area (Å²) in [5, 5.41) is 0. The number of hydrogen-bond donors (Lipinski definition) is 2. The largest absolute Gasteiger partial charge is 0.338 e. The summed E-state index contributed by atoms with van der Waals surface area (Å²) >= 11 is 0. The summed E-state index contributed by atoms with van der Waals surface area (Å²) in [6.45, 7) is 0. The summed E-state index contributed by atoms with van der Waals surface area (Å²) in [6.07, 6.45) is 3.02. The molecular weight excluding hydrogens is 202 g/mol. The molecule has 0 saturated heterocycles. The third-order valence-corrected chi connectivity index (χ3v) is 5.11. The van der Waals surface area contributed by atoms with Crippen LogP contribution in [-0.4, -0.2) is 15.4 Å². The van der Waals surface area contributed by atoms with Gasteiger partial charge in [0.25, 0.3) is 0 Å². The lowest BCUT2D eigenvalue weighted by molar-refractivity contribution is 0.339. The standard InChI is InChI=1S/C5H12O5P2/c6-11(7)10-12(8,9)5-3-1-2-4-5/h5,11H,1-4H2,(H,6,7)(H,8,9). The molecule has 7 heteroatoms. The van der Waals surface area contributed by atoms with Crippen molar-refractivity contribution >= 4 is 15.9 Å². The van der Waals surface area contributed by atoms with Crippen LogP contribution >= 0.6 is 15.9 Å². The third-order valence-electron chi connectivity index (χ3n) is 2.00. The molecule has 0 heterocycles. The van der Waals surface area contributed by atoms with Crippen molar-refractivity contribution in [2.75, 3.05) is 0 Å². The highest BCUT2D eigenvalue weighted by molar-refractivity contribution is 7.60. The zero-order valence-corrected chi connectivity index (χ0v) is 8.37. The second kappa shape index (κ2) is 4.03. The molecule has 0 bridgehead atoms. The van der Waals surface area contributed by atoms with E-state index in [-0.39, 0.29) is 0 Å². The molecule has 2 N–H and O–H groups in total. The van der Waals surface area contributed by atoms with Crippen molar-refractivity contribution < 1.29 is 23.2 Å². The van der Waals surface area contributed by atoms with E-state index < -0.39 is 21.5 Å². The second-order valence-electron chi connectivity index (χ2n) is 2.86. The fourth-order valence-electron chi connectivity index (χ4n) is 1.42. The van der Waals surface area contributed by atoms with Gasteiger partial charge in [0.15, 0.2) is 0 Å². The fourth-order valence-corrected chi connectivity index (χ4v) is 3.93. The van der Waals surface area contributed by atoms with Gasteiger partial charge in [-0.3, -0.25) is 9.13 Å². The van der Waals surface area contributed by atoms with E-state index in [4.69, 9.17) is 4.89 Å². The summed E-state index contributed by atoms with van der Waals surface area (Å²) in [5.41, 5.74) is -0.432. The molecule has 72 valence electrons. The lowest BCUT2D eigenvalue weighted by atomic mass is 10.4. The van der Waals surface area contributed by atoms with Crippen LogP contribution in [0.1, 0.15) is 25.7 Å². The molecule has 2 unspecified atom stereocenters. The van der Waals surface area contributed by atoms with Crippen molar-refractivity contribution in [2.24, 2.45) is 0 Å². The monoisotopic (exact) mass is 214 g/mol. The maximum absolute atomic E-state index is 11.2. The smallest absolute Gasteiger partial charge is 0.326 e. The van der Waals surface area contributed by atoms with Crippen molar-refractivity contribution in [3.8, 4) is 0 Å². The molecule has 1 rings (SSSR count). The average Bonchev–Trinajstić information content (AvgIpc) is 2.32. The molecule has 0 radical (unpaired) electrons. The molecule has 2 atom stereocenters. The first-order valence-electron chi connectivity index (χ1n) is 3.77. The Morgan fingerprint density at radius 1 is 1.42 bits per heavy atom. The van der Waals surface area contributed by atoms with Crippen molar-refractivity contribution in [3.05, 3.63) is 0 Å². The van der Waals surface area contributed by atoms with Gasteiger partial charge in [-0.15, -0.1) is 0 Å². The Bertz CT molecular complexity index is 222. The minimum absolute atomic E-state index is 0.432. The van der Waals surface area contributed by atoms with E-state index in [9.17, 15) is 14.0 Å². The van der Waals surface area contributed by atoms with E-state index >= 15 is 0 Å². The van der Waals surface area contributed by atoms with Crippen LogP contribution in [0, 0.1) is 0 Å². The fraction of sp³-hybridized carbons (Fsp3) is 1.00. The second-order valence-corrected chi connectivity index (χ2v) is 5.98. The number of hydrogen-bond acceptors (Lipinski definition) is 3. The Balaban J connectivity index is 2.57. The van der Waals surface area contributed by atoms with Crippen LogP contribution < -0.4 is 0 Å². The van der Waals surface area contributed by atoms with Gasteiger partial charge in [0, 0.05) is 0 Å². The van der Waals surface area contributed by atoms with Crippen LogP contribution in [0.5, 0.6) is 0 Å². The van der Waals surface area contributed by atoms with Crippen LogP contribution in [-0.2, 0) is 13.4 Å². The van der Waals surface area contributed by atoms with Gasteiger partial charge in [-0.25, -0.2) is 4.31 Å². The van der Waals surface area contributed by atoms with Gasteiger partial charge < -0.3 is 9.79 Å². The summed E-state index contributed by atoms with van der Waals surface area (Å²) in [7, 11) is -7.10. The van der Waals surface area contributed by atoms with Crippen molar-refractivity contribution in [2.45, 2.75) is 31.3 Å². The van der Waals surface area contributed by atoms with E-state index in [0.717, 1.165) is 12.8 Å². The van der Waals surface area contributed by atoms with E-state index in [0.29, 0.717) is 12.8 Å². The first-order chi connectivity index (χ1) is 5.52. The van der Waals surface area contributed by atoms with Crippen LogP contribution in [0.4, 0.5) is 0 Å². The maximum atomic E-state index is 11.2. The minimum Gasteiger partial charge on any atom is -0.326 e. The Labute approximate surface area is 71.2 Å². The molecule has 0 spiro atoms. The van der Waals surface area contributed by atoms with Crippen molar-refractivity contribution in [1.82, 2.24) is 0 Å². The summed E-state index contributed by atoms with van der Waals surface area (Å²) in [4.78, 5) is 17.5. The normalized spacial score (nSPS) is 26.8. The van der Waals surface area contributed by atoms with Crippen molar-refractivity contribution in [1.29, 1.82) is 0 Å². The molecule has 1 aliphatic carbocycles. The van der Waals surface area contributed by atoms with Gasteiger partial charge in [0.1, 0.15) is 0 Å². The maximum Gasteiger partial charge on any atom is 0.338 e. The molecular formula is C5H12O5P2. The molecule has 1 saturated carbocycles. The van der Waals surface area contributed by atoms with E-state index in [2.05, 4.69) is 4.31 Å². The topological polar surface area (TPSA) is 83.8 Å². The first-order valence-corrected chi connectivity index (χ1v) is 6.68. The molecule has 0 aromatic heterocycles. The molecule has 0 amide bonds. The van der Waals surface area contributed by atoms with E-state index in [1.807, 2.05) is 0 Å². The average molecular weight is 214 g/mol. The number of rotatable bonds is 3. The Morgan fingerprint density at radius 2 is 1.92 bits per heavy atom. The highest BCUT2D eigenvalue weighted by Gasteiger charge is 2.35. The Kier molecular flexibility index (Phi) is 3.50. The summed E-state index contributed by atoms with van der Waals surface area (Å²) in [6, 6.07) is 0. The zero-order valence-electron chi connectivity index (χ0n) is 6.47. The zero-order chi connectivity index (χ0) is 9.19. The Hall–Kier alpha value is 0.340. The van der Waals surface area contributed by atoms with E-state index in [1.54, 1.807) is 0 Å². The van der Waals surface area contributed by atoms with Gasteiger partial charge in [-0.1, -0.05) is 12.8 Å². The molecule has 0 aromatic rings. The highest BCUT2D eigenvalue weighted by Crippen LogP contribution is 2.58. The predicted octanol–water partition coefficient (Wildman–Crippen LogP) is 1.51. The molecule has 0 aliphatic heterocycles. The molecule has 0 aromatic carbocycles. The lowest BCUT2D eigenvalue weighted by Crippen LogP contribution is -2.02. The van der Waals surface area contributed by atoms with E-state index in [1.165, 1.54) is 0 Å². The van der Waals surface area contributed by atoms with Gasteiger partial charge >= 0.3 is 15.9 Å². The molecule has 5 nitrogen and oxygen atoms in total. The van der Waals surface area contributed by atoms with Crippen LogP contribution in [0.15, 0.2) is 0 Å². The quantitative estimate of drug-likeness (QED) is 0.695. The molecule has 12 heavy (non-hydrogen) atoms.